The van der Waals surface area contributed by atoms with Crippen LogP contribution in [0.1, 0.15) is 36.6 Å². The van der Waals surface area contributed by atoms with Crippen LogP contribution in [0.15, 0.2) is 46.6 Å². The van der Waals surface area contributed by atoms with Gasteiger partial charge < -0.3 is 9.72 Å². The number of hydrogen-bond acceptors (Lipinski definition) is 5. The molecule has 24 heavy (non-hydrogen) atoms. The van der Waals surface area contributed by atoms with Gasteiger partial charge in [-0.15, -0.1) is 11.3 Å². The van der Waals surface area contributed by atoms with E-state index in [9.17, 15) is 9.59 Å². The molecule has 0 bridgehead atoms. The lowest BCUT2D eigenvalue weighted by Gasteiger charge is -2.13. The highest BCUT2D eigenvalue weighted by atomic mass is 32.1. The van der Waals surface area contributed by atoms with Crippen LogP contribution in [0.2, 0.25) is 0 Å². The van der Waals surface area contributed by atoms with Crippen molar-refractivity contribution in [2.45, 2.75) is 32.3 Å². The number of benzene rings is 1. The van der Waals surface area contributed by atoms with Crippen LogP contribution in [0.5, 0.6) is 0 Å². The number of rotatable bonds is 6. The van der Waals surface area contributed by atoms with E-state index in [1.807, 2.05) is 17.5 Å². The van der Waals surface area contributed by atoms with Crippen molar-refractivity contribution in [2.75, 3.05) is 0 Å². The van der Waals surface area contributed by atoms with Gasteiger partial charge in [-0.3, -0.25) is 9.59 Å². The van der Waals surface area contributed by atoms with Crippen molar-refractivity contribution in [1.82, 2.24) is 9.97 Å². The largest absolute Gasteiger partial charge is 0.454 e. The molecule has 1 N–H and O–H groups in total. The van der Waals surface area contributed by atoms with E-state index in [2.05, 4.69) is 16.0 Å². The Labute approximate surface area is 143 Å². The highest BCUT2D eigenvalue weighted by Gasteiger charge is 2.15. The van der Waals surface area contributed by atoms with Gasteiger partial charge in [0.2, 0.25) is 0 Å². The van der Waals surface area contributed by atoms with Crippen LogP contribution in [-0.2, 0) is 16.0 Å². The highest BCUT2D eigenvalue weighted by Crippen LogP contribution is 2.16. The fourth-order valence-corrected chi connectivity index (χ4v) is 3.22. The first-order chi connectivity index (χ1) is 11.6. The van der Waals surface area contributed by atoms with Crippen LogP contribution in [0.4, 0.5) is 0 Å². The minimum atomic E-state index is -0.587. The molecule has 0 aliphatic carbocycles. The van der Waals surface area contributed by atoms with Gasteiger partial charge in [-0.1, -0.05) is 18.2 Å². The molecular weight excluding hydrogens is 324 g/mol. The number of nitrogens with one attached hydrogen (secondary N) is 1. The lowest BCUT2D eigenvalue weighted by molar-refractivity contribution is -0.149. The topological polar surface area (TPSA) is 72.0 Å². The van der Waals surface area contributed by atoms with Crippen molar-refractivity contribution in [3.8, 4) is 0 Å². The third-order valence-electron chi connectivity index (χ3n) is 3.71. The third-order valence-corrected chi connectivity index (χ3v) is 4.64. The number of nitrogens with zero attached hydrogens (tertiary/aromatic N) is 1. The lowest BCUT2D eigenvalue weighted by atomic mass is 10.2. The van der Waals surface area contributed by atoms with E-state index in [0.717, 1.165) is 12.8 Å². The fraction of sp³-hybridized carbons (Fsp3) is 0.278. The zero-order chi connectivity index (χ0) is 16.9. The number of thiophene rings is 1. The van der Waals surface area contributed by atoms with Gasteiger partial charge in [0.15, 0.2) is 11.9 Å². The van der Waals surface area contributed by atoms with Crippen LogP contribution in [-0.4, -0.2) is 15.9 Å². The Hall–Kier alpha value is -2.47. The second-order valence-corrected chi connectivity index (χ2v) is 6.57. The zero-order valence-electron chi connectivity index (χ0n) is 13.3. The number of aryl methyl sites for hydroxylation is 1. The summed E-state index contributed by atoms with van der Waals surface area (Å²) in [5.41, 5.74) is 0.369. The van der Waals surface area contributed by atoms with Gasteiger partial charge in [-0.2, -0.15) is 0 Å². The van der Waals surface area contributed by atoms with E-state index in [1.165, 1.54) is 4.88 Å². The average molecular weight is 342 g/mol. The molecule has 0 radical (unpaired) electrons. The number of esters is 1. The Morgan fingerprint density at radius 2 is 2.12 bits per heavy atom. The molecular formula is C18H18N2O3S. The van der Waals surface area contributed by atoms with Crippen molar-refractivity contribution >= 4 is 28.2 Å². The quantitative estimate of drug-likeness (QED) is 0.695. The molecule has 0 aliphatic heterocycles. The first-order valence-corrected chi connectivity index (χ1v) is 8.72. The van der Waals surface area contributed by atoms with E-state index in [-0.39, 0.29) is 11.5 Å². The van der Waals surface area contributed by atoms with Crippen LogP contribution in [0.25, 0.3) is 10.9 Å². The lowest BCUT2D eigenvalue weighted by Crippen LogP contribution is -2.17. The molecule has 0 fully saturated rings. The molecule has 6 heteroatoms. The van der Waals surface area contributed by atoms with Gasteiger partial charge in [0.25, 0.3) is 5.56 Å². The number of fused-ring (bicyclic) bond motifs is 1. The molecule has 1 atom stereocenters. The number of carbonyl (C=O) groups is 1. The van der Waals surface area contributed by atoms with Gasteiger partial charge in [0.05, 0.1) is 10.9 Å². The van der Waals surface area contributed by atoms with Crippen LogP contribution >= 0.6 is 11.3 Å². The summed E-state index contributed by atoms with van der Waals surface area (Å²) in [5, 5.41) is 2.55. The van der Waals surface area contributed by atoms with Gasteiger partial charge in [-0.25, -0.2) is 4.98 Å². The van der Waals surface area contributed by atoms with Gasteiger partial charge in [0.1, 0.15) is 0 Å². The number of aromatic amines is 1. The Balaban J connectivity index is 1.60. The summed E-state index contributed by atoms with van der Waals surface area (Å²) < 4.78 is 5.39. The SMILES string of the molecule is C[C@@H](OC(=O)CCCc1cccs1)c1nc2ccccc2c(=O)[nH]1. The average Bonchev–Trinajstić information content (AvgIpc) is 3.08. The first kappa shape index (κ1) is 16.4. The summed E-state index contributed by atoms with van der Waals surface area (Å²) in [6, 6.07) is 11.1. The molecule has 2 heterocycles. The minimum absolute atomic E-state index is 0.226. The number of ether oxygens (including phenoxy) is 1. The maximum atomic E-state index is 12.1. The van der Waals surface area contributed by atoms with Gasteiger partial charge in [0, 0.05) is 11.3 Å². The summed E-state index contributed by atoms with van der Waals surface area (Å²) in [4.78, 5) is 32.4. The number of carbonyl (C=O) groups excluding carboxylic acids is 1. The summed E-state index contributed by atoms with van der Waals surface area (Å²) in [6.07, 6.45) is 1.37. The molecule has 5 nitrogen and oxygen atoms in total. The predicted octanol–water partition coefficient (Wildman–Crippen LogP) is 3.61. The number of hydrogen-bond donors (Lipinski definition) is 1. The molecule has 0 unspecified atom stereocenters. The number of aromatic nitrogens is 2. The highest BCUT2D eigenvalue weighted by molar-refractivity contribution is 7.09. The van der Waals surface area contributed by atoms with Gasteiger partial charge in [-0.05, 0) is 43.3 Å². The van der Waals surface area contributed by atoms with Crippen molar-refractivity contribution in [3.63, 3.8) is 0 Å². The molecule has 1 aromatic carbocycles. The molecule has 0 amide bonds. The summed E-state index contributed by atoms with van der Waals surface area (Å²) >= 11 is 1.69. The minimum Gasteiger partial charge on any atom is -0.454 e. The van der Waals surface area contributed by atoms with Gasteiger partial charge >= 0.3 is 5.97 Å². The Kier molecular flexibility index (Phi) is 5.05. The van der Waals surface area contributed by atoms with E-state index in [4.69, 9.17) is 4.74 Å². The summed E-state index contributed by atoms with van der Waals surface area (Å²) in [7, 11) is 0. The van der Waals surface area contributed by atoms with E-state index in [1.54, 1.807) is 36.5 Å². The maximum absolute atomic E-state index is 12.1. The Bertz CT molecular complexity index is 887. The monoisotopic (exact) mass is 342 g/mol. The summed E-state index contributed by atoms with van der Waals surface area (Å²) in [6.45, 7) is 1.71. The predicted molar refractivity (Wildman–Crippen MR) is 94.1 cm³/mol. The number of para-hydroxylation sites is 1. The molecule has 3 rings (SSSR count). The molecule has 0 spiro atoms. The van der Waals surface area contributed by atoms with Crippen molar-refractivity contribution in [1.29, 1.82) is 0 Å². The van der Waals surface area contributed by atoms with Crippen molar-refractivity contribution in [3.05, 3.63) is 62.8 Å². The van der Waals surface area contributed by atoms with Crippen LogP contribution in [0, 0.1) is 0 Å². The normalized spacial score (nSPS) is 12.2. The standard InChI is InChI=1S/C18H18N2O3S/c1-12(23-16(21)10-4-6-13-7-5-11-24-13)17-19-15-9-3-2-8-14(15)18(22)20-17/h2-3,5,7-9,11-12H,4,6,10H2,1H3,(H,19,20,22)/t12-/m1/s1. The third kappa shape index (κ3) is 3.89. The molecule has 124 valence electrons. The smallest absolute Gasteiger partial charge is 0.306 e. The first-order valence-electron chi connectivity index (χ1n) is 7.84. The molecule has 0 aliphatic rings. The maximum Gasteiger partial charge on any atom is 0.306 e. The second-order valence-electron chi connectivity index (χ2n) is 5.53. The second kappa shape index (κ2) is 7.40. The fourth-order valence-electron chi connectivity index (χ4n) is 2.47. The number of H-pyrrole nitrogens is 1. The van der Waals surface area contributed by atoms with Crippen LogP contribution < -0.4 is 5.56 Å². The Morgan fingerprint density at radius 1 is 1.29 bits per heavy atom. The van der Waals surface area contributed by atoms with E-state index in [0.29, 0.717) is 23.1 Å². The molecule has 0 saturated carbocycles. The van der Waals surface area contributed by atoms with E-state index < -0.39 is 6.10 Å². The molecule has 2 aromatic heterocycles. The Morgan fingerprint density at radius 3 is 2.92 bits per heavy atom. The van der Waals surface area contributed by atoms with E-state index >= 15 is 0 Å². The van der Waals surface area contributed by atoms with Crippen LogP contribution in [0.3, 0.4) is 0 Å². The van der Waals surface area contributed by atoms with Crippen molar-refractivity contribution in [2.24, 2.45) is 0 Å². The molecule has 0 saturated heterocycles. The zero-order valence-corrected chi connectivity index (χ0v) is 14.1. The van der Waals surface area contributed by atoms with Crippen molar-refractivity contribution < 1.29 is 9.53 Å². The summed E-state index contributed by atoms with van der Waals surface area (Å²) in [5.74, 6) is 0.0835. The molecule has 3 aromatic rings.